The third-order valence-electron chi connectivity index (χ3n) is 4.29. The zero-order chi connectivity index (χ0) is 13.2. The lowest BCUT2D eigenvalue weighted by Gasteiger charge is -2.36. The Bertz CT molecular complexity index is 409. The monoisotopic (exact) mass is 281 g/mol. The van der Waals surface area contributed by atoms with Crippen molar-refractivity contribution in [3.8, 4) is 5.75 Å². The van der Waals surface area contributed by atoms with E-state index in [0.29, 0.717) is 18.7 Å². The van der Waals surface area contributed by atoms with Crippen LogP contribution in [0, 0.1) is 0 Å². The Kier molecular flexibility index (Phi) is 3.96. The molecule has 2 unspecified atom stereocenters. The lowest BCUT2D eigenvalue weighted by atomic mass is 10.0. The molecular weight excluding hydrogens is 262 g/mol. The number of ether oxygens (including phenoxy) is 1. The molecule has 19 heavy (non-hydrogen) atoms. The van der Waals surface area contributed by atoms with Gasteiger partial charge in [-0.25, -0.2) is 0 Å². The van der Waals surface area contributed by atoms with Crippen LogP contribution in [0.15, 0.2) is 24.3 Å². The van der Waals surface area contributed by atoms with Crippen LogP contribution in [0.2, 0.25) is 5.02 Å². The number of hydrogen-bond acceptors (Lipinski definition) is 3. The van der Waals surface area contributed by atoms with E-state index in [4.69, 9.17) is 16.3 Å². The van der Waals surface area contributed by atoms with Gasteiger partial charge in [0, 0.05) is 23.7 Å². The van der Waals surface area contributed by atoms with Crippen LogP contribution in [0.25, 0.3) is 0 Å². The van der Waals surface area contributed by atoms with Crippen LogP contribution in [0.4, 0.5) is 0 Å². The second-order valence-corrected chi connectivity index (χ2v) is 5.99. The second kappa shape index (κ2) is 5.70. The Morgan fingerprint density at radius 2 is 1.79 bits per heavy atom. The number of benzene rings is 1. The van der Waals surface area contributed by atoms with E-state index in [2.05, 4.69) is 4.90 Å². The highest BCUT2D eigenvalue weighted by Gasteiger charge is 2.39. The lowest BCUT2D eigenvalue weighted by Crippen LogP contribution is -2.46. The fraction of sp³-hybridized carbons (Fsp3) is 0.600. The van der Waals surface area contributed by atoms with Crippen LogP contribution in [-0.2, 0) is 0 Å². The van der Waals surface area contributed by atoms with Crippen LogP contribution in [0.3, 0.4) is 0 Å². The number of halogens is 1. The average Bonchev–Trinajstić information content (AvgIpc) is 2.64. The zero-order valence-corrected chi connectivity index (χ0v) is 11.7. The van der Waals surface area contributed by atoms with Crippen molar-refractivity contribution in [2.75, 3.05) is 13.2 Å². The number of aliphatic hydroxyl groups is 1. The minimum absolute atomic E-state index is 0.0917. The lowest BCUT2D eigenvalue weighted by molar-refractivity contribution is 0.0288. The van der Waals surface area contributed by atoms with Gasteiger partial charge in [0.25, 0.3) is 0 Å². The summed E-state index contributed by atoms with van der Waals surface area (Å²) < 4.78 is 5.75. The van der Waals surface area contributed by atoms with Crippen molar-refractivity contribution in [2.45, 2.75) is 43.9 Å². The first-order chi connectivity index (χ1) is 9.22. The predicted molar refractivity (Wildman–Crippen MR) is 75.7 cm³/mol. The maximum Gasteiger partial charge on any atom is 0.119 e. The molecule has 1 aromatic carbocycles. The first-order valence-corrected chi connectivity index (χ1v) is 7.42. The largest absolute Gasteiger partial charge is 0.492 e. The molecule has 1 N–H and O–H groups in total. The smallest absolute Gasteiger partial charge is 0.119 e. The van der Waals surface area contributed by atoms with Gasteiger partial charge in [0.05, 0.1) is 6.10 Å². The quantitative estimate of drug-likeness (QED) is 0.921. The van der Waals surface area contributed by atoms with Crippen molar-refractivity contribution in [1.82, 2.24) is 4.90 Å². The van der Waals surface area contributed by atoms with E-state index < -0.39 is 0 Å². The molecule has 1 aromatic rings. The first-order valence-electron chi connectivity index (χ1n) is 7.04. The van der Waals surface area contributed by atoms with E-state index in [1.807, 2.05) is 24.3 Å². The fourth-order valence-corrected chi connectivity index (χ4v) is 3.54. The minimum atomic E-state index is -0.0917. The highest BCUT2D eigenvalue weighted by atomic mass is 35.5. The summed E-state index contributed by atoms with van der Waals surface area (Å²) in [5.74, 6) is 0.869. The Hall–Kier alpha value is -0.770. The van der Waals surface area contributed by atoms with Gasteiger partial charge in [-0.2, -0.15) is 0 Å². The molecular formula is C15H20ClNO2. The van der Waals surface area contributed by atoms with Gasteiger partial charge in [-0.1, -0.05) is 11.6 Å². The molecule has 4 heteroatoms. The summed E-state index contributed by atoms with van der Waals surface area (Å²) in [5, 5.41) is 10.5. The van der Waals surface area contributed by atoms with Gasteiger partial charge in [0.2, 0.25) is 0 Å². The number of fused-ring (bicyclic) bond motifs is 2. The molecule has 0 aromatic heterocycles. The van der Waals surface area contributed by atoms with Gasteiger partial charge in [-0.3, -0.25) is 4.90 Å². The van der Waals surface area contributed by atoms with Gasteiger partial charge in [0.15, 0.2) is 0 Å². The Morgan fingerprint density at radius 1 is 1.16 bits per heavy atom. The Balaban J connectivity index is 1.49. The van der Waals surface area contributed by atoms with Crippen LogP contribution in [0.1, 0.15) is 25.7 Å². The molecule has 2 fully saturated rings. The summed E-state index contributed by atoms with van der Waals surface area (Å²) in [6.45, 7) is 1.65. The molecule has 0 spiro atoms. The summed E-state index contributed by atoms with van der Waals surface area (Å²) in [6.07, 6.45) is 4.21. The molecule has 0 amide bonds. The summed E-state index contributed by atoms with van der Waals surface area (Å²) in [6, 6.07) is 8.61. The molecule has 104 valence electrons. The molecule has 0 aliphatic carbocycles. The maximum absolute atomic E-state index is 9.77. The standard InChI is InChI=1S/C15H20ClNO2/c16-11-1-5-15(6-2-11)19-8-7-17-12-3-4-13(17)10-14(18)9-12/h1-2,5-6,12-14,18H,3-4,7-10H2. The van der Waals surface area contributed by atoms with E-state index >= 15 is 0 Å². The summed E-state index contributed by atoms with van der Waals surface area (Å²) >= 11 is 5.84. The van der Waals surface area contributed by atoms with E-state index in [-0.39, 0.29) is 6.10 Å². The van der Waals surface area contributed by atoms with Crippen LogP contribution in [0.5, 0.6) is 5.75 Å². The molecule has 2 aliphatic rings. The predicted octanol–water partition coefficient (Wildman–Crippen LogP) is 2.71. The van der Waals surface area contributed by atoms with Gasteiger partial charge in [0.1, 0.15) is 12.4 Å². The van der Waals surface area contributed by atoms with Crippen molar-refractivity contribution in [3.63, 3.8) is 0 Å². The third kappa shape index (κ3) is 3.04. The molecule has 2 atom stereocenters. The molecule has 2 saturated heterocycles. The maximum atomic E-state index is 9.77. The SMILES string of the molecule is OC1CC2CCC(C1)N2CCOc1ccc(Cl)cc1. The second-order valence-electron chi connectivity index (χ2n) is 5.55. The van der Waals surface area contributed by atoms with Crippen LogP contribution >= 0.6 is 11.6 Å². The van der Waals surface area contributed by atoms with Gasteiger partial charge in [-0.05, 0) is 49.9 Å². The van der Waals surface area contributed by atoms with Gasteiger partial charge < -0.3 is 9.84 Å². The molecule has 0 saturated carbocycles. The van der Waals surface area contributed by atoms with Crippen LogP contribution in [-0.4, -0.2) is 41.3 Å². The minimum Gasteiger partial charge on any atom is -0.492 e. The van der Waals surface area contributed by atoms with E-state index in [1.54, 1.807) is 0 Å². The summed E-state index contributed by atoms with van der Waals surface area (Å²) in [7, 11) is 0. The van der Waals surface area contributed by atoms with E-state index in [1.165, 1.54) is 12.8 Å². The summed E-state index contributed by atoms with van der Waals surface area (Å²) in [5.41, 5.74) is 0. The number of piperidine rings is 1. The number of hydrogen-bond donors (Lipinski definition) is 1. The van der Waals surface area contributed by atoms with Crippen molar-refractivity contribution in [2.24, 2.45) is 0 Å². The molecule has 3 nitrogen and oxygen atoms in total. The summed E-state index contributed by atoms with van der Waals surface area (Å²) in [4.78, 5) is 2.52. The average molecular weight is 282 g/mol. The molecule has 0 radical (unpaired) electrons. The normalized spacial score (nSPS) is 30.5. The van der Waals surface area contributed by atoms with Crippen molar-refractivity contribution < 1.29 is 9.84 Å². The Labute approximate surface area is 119 Å². The highest BCUT2D eigenvalue weighted by Crippen LogP contribution is 2.35. The van der Waals surface area contributed by atoms with E-state index in [0.717, 1.165) is 30.2 Å². The third-order valence-corrected chi connectivity index (χ3v) is 4.54. The van der Waals surface area contributed by atoms with E-state index in [9.17, 15) is 5.11 Å². The fourth-order valence-electron chi connectivity index (χ4n) is 3.41. The van der Waals surface area contributed by atoms with Crippen molar-refractivity contribution in [3.05, 3.63) is 29.3 Å². The zero-order valence-electron chi connectivity index (χ0n) is 11.0. The Morgan fingerprint density at radius 3 is 2.42 bits per heavy atom. The number of aliphatic hydroxyl groups excluding tert-OH is 1. The molecule has 2 heterocycles. The van der Waals surface area contributed by atoms with Gasteiger partial charge in [-0.15, -0.1) is 0 Å². The molecule has 3 rings (SSSR count). The molecule has 2 aliphatic heterocycles. The highest BCUT2D eigenvalue weighted by molar-refractivity contribution is 6.30. The first kappa shape index (κ1) is 13.2. The van der Waals surface area contributed by atoms with Gasteiger partial charge >= 0.3 is 0 Å². The van der Waals surface area contributed by atoms with Crippen molar-refractivity contribution in [1.29, 1.82) is 0 Å². The number of nitrogens with zero attached hydrogens (tertiary/aromatic N) is 1. The topological polar surface area (TPSA) is 32.7 Å². The number of rotatable bonds is 4. The van der Waals surface area contributed by atoms with Crippen molar-refractivity contribution >= 4 is 11.6 Å². The molecule has 2 bridgehead atoms. The van der Waals surface area contributed by atoms with Crippen LogP contribution < -0.4 is 4.74 Å².